The Balaban J connectivity index is 1.42. The molecule has 0 N–H and O–H groups in total. The van der Waals surface area contributed by atoms with Crippen molar-refractivity contribution in [2.24, 2.45) is 23.2 Å². The zero-order valence-electron chi connectivity index (χ0n) is 21.7. The van der Waals surface area contributed by atoms with E-state index in [2.05, 4.69) is 26.1 Å². The summed E-state index contributed by atoms with van der Waals surface area (Å²) in [5, 5.41) is 4.07. The summed E-state index contributed by atoms with van der Waals surface area (Å²) < 4.78 is 12.3. The molecule has 5 unspecified atom stereocenters. The lowest BCUT2D eigenvalue weighted by Crippen LogP contribution is -2.60. The zero-order valence-corrected chi connectivity index (χ0v) is 23.2. The first-order valence-electron chi connectivity index (χ1n) is 12.7. The summed E-state index contributed by atoms with van der Waals surface area (Å²) in [5.41, 5.74) is 1.57. The number of halogens is 1. The van der Waals surface area contributed by atoms with Crippen molar-refractivity contribution < 1.29 is 23.6 Å². The van der Waals surface area contributed by atoms with Crippen LogP contribution in [0.3, 0.4) is 0 Å². The lowest BCUT2D eigenvalue weighted by Gasteiger charge is -2.52. The van der Waals surface area contributed by atoms with E-state index in [1.165, 1.54) is 6.20 Å². The topological polar surface area (TPSA) is 103 Å². The van der Waals surface area contributed by atoms with Crippen LogP contribution in [0, 0.1) is 30.1 Å². The van der Waals surface area contributed by atoms with Crippen LogP contribution in [-0.2, 0) is 17.8 Å². The van der Waals surface area contributed by atoms with Crippen molar-refractivity contribution in [3.8, 4) is 5.75 Å². The van der Waals surface area contributed by atoms with Gasteiger partial charge >= 0.3 is 0 Å². The molecule has 0 saturated heterocycles. The van der Waals surface area contributed by atoms with Crippen molar-refractivity contribution in [1.82, 2.24) is 15.0 Å². The number of carbonyl (C=O) groups excluding carboxylic acids is 3. The average molecular weight is 578 g/mol. The maximum absolute atomic E-state index is 14.4. The molecule has 1 fully saturated rings. The number of nitrogens with zero attached hydrogens (tertiary/aromatic N) is 3. The van der Waals surface area contributed by atoms with Gasteiger partial charge in [-0.2, -0.15) is 0 Å². The number of ketones is 3. The monoisotopic (exact) mass is 577 g/mol. The van der Waals surface area contributed by atoms with E-state index in [4.69, 9.17) is 9.26 Å². The fourth-order valence-corrected chi connectivity index (χ4v) is 7.27. The highest BCUT2D eigenvalue weighted by Gasteiger charge is 2.65. The molecule has 0 radical (unpaired) electrons. The number of fused-ring (bicyclic) bond motifs is 4. The molecule has 3 aliphatic carbocycles. The number of pyridine rings is 1. The number of hydrogen-bond donors (Lipinski definition) is 0. The predicted octanol–water partition coefficient (Wildman–Crippen LogP) is 4.79. The van der Waals surface area contributed by atoms with Crippen molar-refractivity contribution in [3.05, 3.63) is 74.8 Å². The molecule has 1 aromatic carbocycles. The molecule has 2 heterocycles. The van der Waals surface area contributed by atoms with Crippen LogP contribution < -0.4 is 4.74 Å². The first kappa shape index (κ1) is 25.1. The van der Waals surface area contributed by atoms with Crippen molar-refractivity contribution in [2.45, 2.75) is 39.3 Å². The normalized spacial score (nSPS) is 28.0. The molecule has 5 atom stereocenters. The van der Waals surface area contributed by atoms with Crippen molar-refractivity contribution in [2.75, 3.05) is 14.1 Å². The minimum atomic E-state index is -1.36. The van der Waals surface area contributed by atoms with Gasteiger partial charge in [-0.15, -0.1) is 0 Å². The van der Waals surface area contributed by atoms with E-state index in [9.17, 15) is 14.4 Å². The molecule has 8 nitrogen and oxygen atoms in total. The van der Waals surface area contributed by atoms with Gasteiger partial charge < -0.3 is 9.26 Å². The molecule has 2 aromatic heterocycles. The maximum Gasteiger partial charge on any atom is 0.182 e. The van der Waals surface area contributed by atoms with Crippen LogP contribution in [0.15, 0.2) is 45.7 Å². The number of Topliss-reactive ketones (excluding diaryl/α,β-unsaturated/α-hetero) is 3. The summed E-state index contributed by atoms with van der Waals surface area (Å²) in [6.45, 7) is 3.70. The van der Waals surface area contributed by atoms with Crippen molar-refractivity contribution in [1.29, 1.82) is 0 Å². The molecule has 1 saturated carbocycles. The van der Waals surface area contributed by atoms with Gasteiger partial charge in [0.1, 0.15) is 17.0 Å². The predicted molar refractivity (Wildman–Crippen MR) is 141 cm³/mol. The second kappa shape index (κ2) is 8.95. The van der Waals surface area contributed by atoms with Crippen molar-refractivity contribution >= 4 is 33.3 Å². The summed E-state index contributed by atoms with van der Waals surface area (Å²) in [4.78, 5) is 48.9. The Hall–Kier alpha value is -3.17. The third kappa shape index (κ3) is 3.48. The third-order valence-electron chi connectivity index (χ3n) is 8.68. The van der Waals surface area contributed by atoms with Crippen LogP contribution in [0.5, 0.6) is 5.75 Å². The van der Waals surface area contributed by atoms with Gasteiger partial charge in [0.05, 0.1) is 40.4 Å². The molecule has 0 spiro atoms. The van der Waals surface area contributed by atoms with E-state index in [0.29, 0.717) is 45.8 Å². The minimum absolute atomic E-state index is 0.260. The first-order chi connectivity index (χ1) is 18.1. The number of rotatable bonds is 4. The molecule has 0 bridgehead atoms. The Morgan fingerprint density at radius 1 is 1.16 bits per heavy atom. The molecule has 3 aliphatic rings. The smallest absolute Gasteiger partial charge is 0.182 e. The first-order valence-corrected chi connectivity index (χ1v) is 13.5. The van der Waals surface area contributed by atoms with Gasteiger partial charge in [-0.1, -0.05) is 35.5 Å². The van der Waals surface area contributed by atoms with Gasteiger partial charge in [-0.05, 0) is 73.8 Å². The highest BCUT2D eigenvalue weighted by atomic mass is 79.9. The number of aromatic nitrogens is 2. The molecule has 9 heteroatoms. The van der Waals surface area contributed by atoms with Crippen LogP contribution >= 0.6 is 15.9 Å². The van der Waals surface area contributed by atoms with Crippen LogP contribution in [0.25, 0.3) is 0 Å². The number of aryl methyl sites for hydroxylation is 1. The SMILES string of the molecule is Cc1noc2c1C(=O)C1(C)C(=O)C3C(=O)c4c(OCc5ccccc5)cnc(Br)c4CC3CC1C2N(C)C. The number of benzene rings is 1. The zero-order chi connectivity index (χ0) is 26.9. The van der Waals surface area contributed by atoms with Gasteiger partial charge in [0.15, 0.2) is 23.1 Å². The lowest BCUT2D eigenvalue weighted by molar-refractivity contribution is -0.140. The van der Waals surface area contributed by atoms with Crippen LogP contribution in [-0.4, -0.2) is 46.5 Å². The standard InChI is InChI=1S/C29H28BrN3O5/c1-14-20-25(38-32-14)23(33(3)4)18-11-16-10-17-22(24(34)21(16)27(36)29(18,2)26(20)35)19(12-31-28(17)30)37-13-15-8-6-5-7-9-15/h5-9,12,16,18,21,23H,10-11,13H2,1-4H3. The Bertz CT molecular complexity index is 1480. The maximum atomic E-state index is 14.4. The molecular formula is C29H28BrN3O5. The Morgan fingerprint density at radius 2 is 1.89 bits per heavy atom. The highest BCUT2D eigenvalue weighted by Crippen LogP contribution is 2.58. The summed E-state index contributed by atoms with van der Waals surface area (Å²) in [7, 11) is 3.83. The molecule has 0 aliphatic heterocycles. The van der Waals surface area contributed by atoms with E-state index in [1.807, 2.05) is 49.3 Å². The van der Waals surface area contributed by atoms with Crippen molar-refractivity contribution in [3.63, 3.8) is 0 Å². The number of hydrogen-bond acceptors (Lipinski definition) is 8. The highest BCUT2D eigenvalue weighted by molar-refractivity contribution is 9.10. The Morgan fingerprint density at radius 3 is 2.61 bits per heavy atom. The van der Waals surface area contributed by atoms with Crippen LogP contribution in [0.4, 0.5) is 0 Å². The average Bonchev–Trinajstić information content (AvgIpc) is 3.27. The second-order valence-corrected chi connectivity index (χ2v) is 11.8. The van der Waals surface area contributed by atoms with E-state index in [-0.39, 0.29) is 41.8 Å². The minimum Gasteiger partial charge on any atom is -0.487 e. The molecular weight excluding hydrogens is 550 g/mol. The summed E-state index contributed by atoms with van der Waals surface area (Å²) in [6, 6.07) is 9.35. The van der Waals surface area contributed by atoms with Gasteiger partial charge in [0, 0.05) is 5.92 Å². The fraction of sp³-hybridized carbons (Fsp3) is 0.414. The lowest BCUT2D eigenvalue weighted by atomic mass is 9.50. The van der Waals surface area contributed by atoms with E-state index in [1.54, 1.807) is 13.8 Å². The summed E-state index contributed by atoms with van der Waals surface area (Å²) >= 11 is 3.53. The van der Waals surface area contributed by atoms with Gasteiger partial charge in [-0.25, -0.2) is 4.98 Å². The second-order valence-electron chi connectivity index (χ2n) is 11.0. The van der Waals surface area contributed by atoms with E-state index in [0.717, 1.165) is 11.1 Å². The van der Waals surface area contributed by atoms with Crippen LogP contribution in [0.2, 0.25) is 0 Å². The fourth-order valence-electron chi connectivity index (χ4n) is 6.81. The van der Waals surface area contributed by atoms with Gasteiger partial charge in [0.2, 0.25) is 0 Å². The molecule has 38 heavy (non-hydrogen) atoms. The van der Waals surface area contributed by atoms with E-state index >= 15 is 0 Å². The number of ether oxygens (including phenoxy) is 1. The third-order valence-corrected chi connectivity index (χ3v) is 9.37. The number of carbonyl (C=O) groups is 3. The van der Waals surface area contributed by atoms with Gasteiger partial charge in [0.25, 0.3) is 0 Å². The molecule has 6 rings (SSSR count). The van der Waals surface area contributed by atoms with Crippen LogP contribution in [0.1, 0.15) is 62.7 Å². The Kier molecular flexibility index (Phi) is 5.92. The molecule has 3 aromatic rings. The quantitative estimate of drug-likeness (QED) is 0.322. The van der Waals surface area contributed by atoms with E-state index < -0.39 is 11.3 Å². The molecule has 0 amide bonds. The Labute approximate surface area is 228 Å². The molecule has 196 valence electrons. The van der Waals surface area contributed by atoms with Gasteiger partial charge in [-0.3, -0.25) is 19.3 Å². The summed E-state index contributed by atoms with van der Waals surface area (Å²) in [6.07, 6.45) is 2.53. The largest absolute Gasteiger partial charge is 0.487 e. The summed E-state index contributed by atoms with van der Waals surface area (Å²) in [5.74, 6) is -1.59.